The van der Waals surface area contributed by atoms with Gasteiger partial charge in [0.2, 0.25) is 0 Å². The van der Waals surface area contributed by atoms with Crippen molar-refractivity contribution < 1.29 is 4.74 Å². The average molecular weight is 143 g/mol. The zero-order valence-corrected chi connectivity index (χ0v) is 7.13. The van der Waals surface area contributed by atoms with Crippen molar-refractivity contribution in [3.63, 3.8) is 0 Å². The van der Waals surface area contributed by atoms with Crippen LogP contribution in [0.5, 0.6) is 0 Å². The molecule has 0 aromatic heterocycles. The summed E-state index contributed by atoms with van der Waals surface area (Å²) in [7, 11) is 4.00. The van der Waals surface area contributed by atoms with Crippen molar-refractivity contribution in [1.82, 2.24) is 4.90 Å². The Hall–Kier alpha value is -0.340. The molecule has 0 spiro atoms. The lowest BCUT2D eigenvalue weighted by Crippen LogP contribution is -2.27. The molecule has 0 aliphatic rings. The third-order valence-corrected chi connectivity index (χ3v) is 1.41. The van der Waals surface area contributed by atoms with E-state index in [1.54, 1.807) is 0 Å². The van der Waals surface area contributed by atoms with E-state index in [4.69, 9.17) is 4.74 Å². The summed E-state index contributed by atoms with van der Waals surface area (Å²) in [6.45, 7) is 6.41. The molecule has 0 aromatic rings. The number of rotatable bonds is 5. The molecule has 0 bridgehead atoms. The van der Waals surface area contributed by atoms with Crippen LogP contribution >= 0.6 is 0 Å². The van der Waals surface area contributed by atoms with Crippen LogP contribution in [0.1, 0.15) is 13.3 Å². The van der Waals surface area contributed by atoms with Crippen LogP contribution in [0.4, 0.5) is 0 Å². The van der Waals surface area contributed by atoms with E-state index in [0.717, 1.165) is 13.0 Å². The fraction of sp³-hybridized carbons (Fsp3) is 0.750. The van der Waals surface area contributed by atoms with E-state index in [0.29, 0.717) is 0 Å². The van der Waals surface area contributed by atoms with Gasteiger partial charge in [-0.1, -0.05) is 6.08 Å². The maximum absolute atomic E-state index is 5.40. The summed E-state index contributed by atoms with van der Waals surface area (Å²) in [5.41, 5.74) is 0. The first-order chi connectivity index (χ1) is 4.68. The molecule has 1 unspecified atom stereocenters. The lowest BCUT2D eigenvalue weighted by Gasteiger charge is -2.19. The van der Waals surface area contributed by atoms with Crippen molar-refractivity contribution in [3.05, 3.63) is 12.7 Å². The lowest BCUT2D eigenvalue weighted by atomic mass is 10.4. The second-order valence-electron chi connectivity index (χ2n) is 2.51. The van der Waals surface area contributed by atoms with Gasteiger partial charge in [0, 0.05) is 0 Å². The van der Waals surface area contributed by atoms with Crippen LogP contribution < -0.4 is 0 Å². The summed E-state index contributed by atoms with van der Waals surface area (Å²) in [4.78, 5) is 2.03. The monoisotopic (exact) mass is 143 g/mol. The van der Waals surface area contributed by atoms with E-state index in [9.17, 15) is 0 Å². The molecule has 0 saturated heterocycles. The van der Waals surface area contributed by atoms with Crippen LogP contribution in [0.2, 0.25) is 0 Å². The van der Waals surface area contributed by atoms with E-state index >= 15 is 0 Å². The van der Waals surface area contributed by atoms with Gasteiger partial charge >= 0.3 is 0 Å². The molecule has 0 aliphatic carbocycles. The standard InChI is InChI=1S/C8H17NO/c1-5-6-7-10-8(2)9(3)4/h5,8H,1,6-7H2,2-4H3. The normalized spacial score (nSPS) is 13.6. The van der Waals surface area contributed by atoms with Crippen molar-refractivity contribution >= 4 is 0 Å². The van der Waals surface area contributed by atoms with Gasteiger partial charge in [-0.2, -0.15) is 0 Å². The van der Waals surface area contributed by atoms with Crippen LogP contribution in [0.25, 0.3) is 0 Å². The second-order valence-corrected chi connectivity index (χ2v) is 2.51. The van der Waals surface area contributed by atoms with E-state index in [1.165, 1.54) is 0 Å². The Kier molecular flexibility index (Phi) is 5.26. The molecule has 2 nitrogen and oxygen atoms in total. The summed E-state index contributed by atoms with van der Waals surface area (Å²) >= 11 is 0. The number of nitrogens with zero attached hydrogens (tertiary/aromatic N) is 1. The maximum Gasteiger partial charge on any atom is 0.107 e. The fourth-order valence-corrected chi connectivity index (χ4v) is 0.471. The van der Waals surface area contributed by atoms with Crippen LogP contribution in [0.15, 0.2) is 12.7 Å². The molecule has 0 saturated carbocycles. The quantitative estimate of drug-likeness (QED) is 0.328. The fourth-order valence-electron chi connectivity index (χ4n) is 0.471. The predicted molar refractivity (Wildman–Crippen MR) is 43.9 cm³/mol. The van der Waals surface area contributed by atoms with Crippen molar-refractivity contribution in [1.29, 1.82) is 0 Å². The Morgan fingerprint density at radius 1 is 1.60 bits per heavy atom. The molecule has 0 N–H and O–H groups in total. The second kappa shape index (κ2) is 5.45. The SMILES string of the molecule is C=CCCOC(C)N(C)C. The van der Waals surface area contributed by atoms with Gasteiger partial charge in [0.05, 0.1) is 6.61 Å². The Morgan fingerprint density at radius 3 is 2.60 bits per heavy atom. The molecule has 0 fully saturated rings. The van der Waals surface area contributed by atoms with Gasteiger partial charge in [0.15, 0.2) is 0 Å². The molecule has 0 radical (unpaired) electrons. The van der Waals surface area contributed by atoms with Gasteiger partial charge < -0.3 is 4.74 Å². The van der Waals surface area contributed by atoms with Gasteiger partial charge in [-0.3, -0.25) is 4.90 Å². The minimum Gasteiger partial charge on any atom is -0.363 e. The Labute approximate surface area is 63.5 Å². The van der Waals surface area contributed by atoms with E-state index in [2.05, 4.69) is 6.58 Å². The van der Waals surface area contributed by atoms with Crippen LogP contribution in [-0.2, 0) is 4.74 Å². The first kappa shape index (κ1) is 9.66. The average Bonchev–Trinajstić information content (AvgIpc) is 1.88. The Balaban J connectivity index is 3.21. The third-order valence-electron chi connectivity index (χ3n) is 1.41. The van der Waals surface area contributed by atoms with Gasteiger partial charge in [-0.25, -0.2) is 0 Å². The maximum atomic E-state index is 5.40. The zero-order chi connectivity index (χ0) is 7.98. The van der Waals surface area contributed by atoms with Crippen molar-refractivity contribution in [2.45, 2.75) is 19.6 Å². The smallest absolute Gasteiger partial charge is 0.107 e. The first-order valence-electron chi connectivity index (χ1n) is 3.57. The highest BCUT2D eigenvalue weighted by Crippen LogP contribution is 1.94. The van der Waals surface area contributed by atoms with Gasteiger partial charge in [-0.05, 0) is 27.4 Å². The highest BCUT2D eigenvalue weighted by Gasteiger charge is 2.01. The van der Waals surface area contributed by atoms with Crippen molar-refractivity contribution in [2.24, 2.45) is 0 Å². The molecule has 10 heavy (non-hydrogen) atoms. The molecule has 0 amide bonds. The summed E-state index contributed by atoms with van der Waals surface area (Å²) in [5.74, 6) is 0. The van der Waals surface area contributed by atoms with Crippen LogP contribution in [0.3, 0.4) is 0 Å². The molecule has 1 atom stereocenters. The zero-order valence-electron chi connectivity index (χ0n) is 7.13. The molecule has 0 rings (SSSR count). The summed E-state index contributed by atoms with van der Waals surface area (Å²) in [6, 6.07) is 0. The lowest BCUT2D eigenvalue weighted by molar-refractivity contribution is -0.0204. The topological polar surface area (TPSA) is 12.5 Å². The Bertz CT molecular complexity index is 91.3. The minimum atomic E-state index is 0.208. The predicted octanol–water partition coefficient (Wildman–Crippen LogP) is 1.49. The van der Waals surface area contributed by atoms with Crippen LogP contribution in [0, 0.1) is 0 Å². The van der Waals surface area contributed by atoms with Gasteiger partial charge in [0.1, 0.15) is 6.23 Å². The van der Waals surface area contributed by atoms with Crippen molar-refractivity contribution in [2.75, 3.05) is 20.7 Å². The molecular formula is C8H17NO. The van der Waals surface area contributed by atoms with E-state index in [1.807, 2.05) is 32.0 Å². The highest BCUT2D eigenvalue weighted by molar-refractivity contribution is 4.64. The summed E-state index contributed by atoms with van der Waals surface area (Å²) < 4.78 is 5.40. The van der Waals surface area contributed by atoms with Gasteiger partial charge in [0.25, 0.3) is 0 Å². The van der Waals surface area contributed by atoms with E-state index < -0.39 is 0 Å². The molecule has 0 aliphatic heterocycles. The molecular weight excluding hydrogens is 126 g/mol. The van der Waals surface area contributed by atoms with E-state index in [-0.39, 0.29) is 6.23 Å². The number of hydrogen-bond donors (Lipinski definition) is 0. The minimum absolute atomic E-state index is 0.208. The molecule has 0 aromatic carbocycles. The highest BCUT2D eigenvalue weighted by atomic mass is 16.5. The molecule has 0 heterocycles. The number of hydrogen-bond acceptors (Lipinski definition) is 2. The molecule has 60 valence electrons. The van der Waals surface area contributed by atoms with Crippen molar-refractivity contribution in [3.8, 4) is 0 Å². The molecule has 2 heteroatoms. The largest absolute Gasteiger partial charge is 0.363 e. The van der Waals surface area contributed by atoms with Crippen LogP contribution in [-0.4, -0.2) is 31.8 Å². The third kappa shape index (κ3) is 4.53. The summed E-state index contributed by atoms with van der Waals surface area (Å²) in [6.07, 6.45) is 3.00. The summed E-state index contributed by atoms with van der Waals surface area (Å²) in [5, 5.41) is 0. The number of ether oxygens (including phenoxy) is 1. The first-order valence-corrected chi connectivity index (χ1v) is 3.57. The van der Waals surface area contributed by atoms with Gasteiger partial charge in [-0.15, -0.1) is 6.58 Å². The Morgan fingerprint density at radius 2 is 2.20 bits per heavy atom.